The van der Waals surface area contributed by atoms with Crippen LogP contribution in [-0.4, -0.2) is 27.9 Å². The average molecular weight is 515 g/mol. The SMILES string of the molecule is N#CC(C#N)=C1C=C(C=Cc2ccc(O)cc2OCCCCCCCCCC(=O)O)Oc2ccc(O)cc21. The molecule has 1 heterocycles. The van der Waals surface area contributed by atoms with E-state index >= 15 is 0 Å². The maximum Gasteiger partial charge on any atom is 0.303 e. The van der Waals surface area contributed by atoms with Crippen molar-refractivity contribution >= 4 is 17.6 Å². The van der Waals surface area contributed by atoms with Crippen molar-refractivity contribution in [1.29, 1.82) is 10.5 Å². The quantitative estimate of drug-likeness (QED) is 0.204. The Kier molecular flexibility index (Phi) is 10.4. The van der Waals surface area contributed by atoms with E-state index in [2.05, 4.69) is 0 Å². The molecule has 0 aliphatic carbocycles. The molecule has 2 aromatic rings. The smallest absolute Gasteiger partial charge is 0.303 e. The van der Waals surface area contributed by atoms with Crippen LogP contribution in [0.1, 0.15) is 62.5 Å². The molecule has 196 valence electrons. The van der Waals surface area contributed by atoms with Gasteiger partial charge in [0.15, 0.2) is 0 Å². The van der Waals surface area contributed by atoms with E-state index in [4.69, 9.17) is 14.6 Å². The molecule has 0 unspecified atom stereocenters. The molecule has 3 N–H and O–H groups in total. The molecule has 0 radical (unpaired) electrons. The van der Waals surface area contributed by atoms with Crippen LogP contribution in [0.3, 0.4) is 0 Å². The van der Waals surface area contributed by atoms with Gasteiger partial charge in [0.05, 0.1) is 6.61 Å². The highest BCUT2D eigenvalue weighted by atomic mass is 16.5. The zero-order chi connectivity index (χ0) is 27.3. The Balaban J connectivity index is 1.62. The number of carboxylic acids is 1. The predicted octanol–water partition coefficient (Wildman–Crippen LogP) is 6.47. The molecule has 0 spiro atoms. The van der Waals surface area contributed by atoms with E-state index in [9.17, 15) is 25.5 Å². The molecule has 0 saturated heterocycles. The molecule has 8 nitrogen and oxygen atoms in total. The highest BCUT2D eigenvalue weighted by Crippen LogP contribution is 2.38. The number of hydrogen-bond acceptors (Lipinski definition) is 7. The number of phenolic OH excluding ortho intramolecular Hbond substituents is 2. The number of aromatic hydroxyl groups is 2. The first-order chi connectivity index (χ1) is 18.4. The maximum absolute atomic E-state index is 10.5. The van der Waals surface area contributed by atoms with Crippen molar-refractivity contribution in [3.8, 4) is 35.1 Å². The largest absolute Gasteiger partial charge is 0.508 e. The number of allylic oxidation sites excluding steroid dienone is 4. The van der Waals surface area contributed by atoms with E-state index in [1.54, 1.807) is 42.5 Å². The Labute approximate surface area is 222 Å². The lowest BCUT2D eigenvalue weighted by Crippen LogP contribution is -2.04. The first-order valence-corrected chi connectivity index (χ1v) is 12.5. The van der Waals surface area contributed by atoms with Crippen LogP contribution in [0, 0.1) is 22.7 Å². The molecule has 3 rings (SSSR count). The van der Waals surface area contributed by atoms with Crippen LogP contribution in [0.5, 0.6) is 23.0 Å². The minimum Gasteiger partial charge on any atom is -0.508 e. The van der Waals surface area contributed by atoms with Crippen LogP contribution in [0.2, 0.25) is 0 Å². The van der Waals surface area contributed by atoms with Crippen molar-refractivity contribution in [2.24, 2.45) is 0 Å². The van der Waals surface area contributed by atoms with Crippen LogP contribution in [-0.2, 0) is 4.79 Å². The number of nitrogens with zero attached hydrogens (tertiary/aromatic N) is 2. The van der Waals surface area contributed by atoms with Crippen molar-refractivity contribution in [3.63, 3.8) is 0 Å². The second kappa shape index (κ2) is 14.2. The van der Waals surface area contributed by atoms with Crippen LogP contribution >= 0.6 is 0 Å². The van der Waals surface area contributed by atoms with Gasteiger partial charge < -0.3 is 24.8 Å². The summed E-state index contributed by atoms with van der Waals surface area (Å²) < 4.78 is 11.8. The lowest BCUT2D eigenvalue weighted by atomic mass is 9.97. The number of carboxylic acid groups (broad SMARTS) is 1. The van der Waals surface area contributed by atoms with E-state index in [0.717, 1.165) is 44.9 Å². The number of carbonyl (C=O) groups is 1. The number of phenols is 2. The minimum absolute atomic E-state index is 0.00547. The third kappa shape index (κ3) is 8.18. The third-order valence-electron chi connectivity index (χ3n) is 5.98. The van der Waals surface area contributed by atoms with Crippen LogP contribution < -0.4 is 9.47 Å². The van der Waals surface area contributed by atoms with Crippen molar-refractivity contribution in [1.82, 2.24) is 0 Å². The van der Waals surface area contributed by atoms with Gasteiger partial charge in [0.1, 0.15) is 46.5 Å². The summed E-state index contributed by atoms with van der Waals surface area (Å²) in [6.45, 7) is 0.486. The minimum atomic E-state index is -0.744. The molecule has 1 aliphatic heterocycles. The fourth-order valence-corrected chi connectivity index (χ4v) is 4.03. The van der Waals surface area contributed by atoms with Gasteiger partial charge in [-0.15, -0.1) is 0 Å². The number of fused-ring (bicyclic) bond motifs is 1. The summed E-state index contributed by atoms with van der Waals surface area (Å²) in [5.74, 6) is 0.650. The van der Waals surface area contributed by atoms with Gasteiger partial charge in [-0.3, -0.25) is 4.79 Å². The van der Waals surface area contributed by atoms with Crippen molar-refractivity contribution in [2.75, 3.05) is 6.61 Å². The first-order valence-electron chi connectivity index (χ1n) is 12.5. The molecule has 0 bridgehead atoms. The van der Waals surface area contributed by atoms with Crippen LogP contribution in [0.25, 0.3) is 11.6 Å². The number of aliphatic carboxylic acids is 1. The number of nitriles is 2. The molecule has 0 fully saturated rings. The second-order valence-electron chi connectivity index (χ2n) is 8.86. The zero-order valence-electron chi connectivity index (χ0n) is 21.0. The van der Waals surface area contributed by atoms with Crippen molar-refractivity contribution in [3.05, 3.63) is 71.0 Å². The molecular weight excluding hydrogens is 484 g/mol. The highest BCUT2D eigenvalue weighted by Gasteiger charge is 2.20. The predicted molar refractivity (Wildman–Crippen MR) is 142 cm³/mol. The summed E-state index contributed by atoms with van der Waals surface area (Å²) >= 11 is 0. The van der Waals surface area contributed by atoms with E-state index < -0.39 is 5.97 Å². The van der Waals surface area contributed by atoms with Crippen LogP contribution in [0.15, 0.2) is 59.9 Å². The highest BCUT2D eigenvalue weighted by molar-refractivity contribution is 5.87. The average Bonchev–Trinajstić information content (AvgIpc) is 2.90. The Morgan fingerprint density at radius 3 is 2.26 bits per heavy atom. The van der Waals surface area contributed by atoms with Crippen LogP contribution in [0.4, 0.5) is 0 Å². The van der Waals surface area contributed by atoms with Crippen molar-refractivity contribution in [2.45, 2.75) is 51.4 Å². The van der Waals surface area contributed by atoms with Gasteiger partial charge in [-0.05, 0) is 61.4 Å². The molecule has 0 saturated carbocycles. The normalized spacial score (nSPS) is 12.2. The van der Waals surface area contributed by atoms with E-state index in [0.29, 0.717) is 40.6 Å². The van der Waals surface area contributed by atoms with E-state index in [1.165, 1.54) is 12.1 Å². The third-order valence-corrected chi connectivity index (χ3v) is 5.98. The Morgan fingerprint density at radius 1 is 0.895 bits per heavy atom. The number of unbranched alkanes of at least 4 members (excludes halogenated alkanes) is 6. The van der Waals surface area contributed by atoms with Crippen molar-refractivity contribution < 1.29 is 29.6 Å². The Bertz CT molecular complexity index is 1310. The lowest BCUT2D eigenvalue weighted by molar-refractivity contribution is -0.137. The number of benzene rings is 2. The van der Waals surface area contributed by atoms with Gasteiger partial charge in [-0.25, -0.2) is 0 Å². The molecule has 2 aromatic carbocycles. The molecule has 0 aromatic heterocycles. The topological polar surface area (TPSA) is 144 Å². The Hall–Kier alpha value is -4.69. The maximum atomic E-state index is 10.5. The van der Waals surface area contributed by atoms with Gasteiger partial charge >= 0.3 is 5.97 Å². The van der Waals surface area contributed by atoms with Gasteiger partial charge in [0, 0.05) is 29.2 Å². The molecule has 1 aliphatic rings. The molecule has 0 atom stereocenters. The summed E-state index contributed by atoms with van der Waals surface area (Å²) in [6, 6.07) is 13.1. The van der Waals surface area contributed by atoms with Gasteiger partial charge in [0.2, 0.25) is 0 Å². The monoisotopic (exact) mass is 514 g/mol. The number of hydrogen-bond donors (Lipinski definition) is 3. The standard InChI is InChI=1S/C30H30N2O6/c31-19-22(20-32)26-18-25(38-28-14-12-23(33)16-27(26)28)13-10-21-9-11-24(34)17-29(21)37-15-7-5-3-1-2-4-6-8-30(35)36/h9-14,16-18,33-34H,1-8,15H2,(H,35,36). The molecule has 8 heteroatoms. The summed E-state index contributed by atoms with van der Waals surface area (Å²) in [7, 11) is 0. The molecule has 38 heavy (non-hydrogen) atoms. The zero-order valence-corrected chi connectivity index (χ0v) is 21.0. The summed E-state index contributed by atoms with van der Waals surface area (Å²) in [5, 5.41) is 47.2. The van der Waals surface area contributed by atoms with Gasteiger partial charge in [-0.2, -0.15) is 10.5 Å². The van der Waals surface area contributed by atoms with E-state index in [1.807, 2.05) is 12.1 Å². The van der Waals surface area contributed by atoms with Gasteiger partial charge in [-0.1, -0.05) is 32.1 Å². The molecular formula is C30H30N2O6. The first kappa shape index (κ1) is 27.9. The van der Waals surface area contributed by atoms with Gasteiger partial charge in [0.25, 0.3) is 0 Å². The number of rotatable bonds is 13. The summed E-state index contributed by atoms with van der Waals surface area (Å²) in [5.41, 5.74) is 1.43. The summed E-state index contributed by atoms with van der Waals surface area (Å²) in [6.07, 6.45) is 11.9. The fourth-order valence-electron chi connectivity index (χ4n) is 4.03. The second-order valence-corrected chi connectivity index (χ2v) is 8.86. The lowest BCUT2D eigenvalue weighted by Gasteiger charge is -2.19. The number of ether oxygens (including phenoxy) is 2. The molecule has 0 amide bonds. The Morgan fingerprint density at radius 2 is 1.55 bits per heavy atom. The fraction of sp³-hybridized carbons (Fsp3) is 0.300. The van der Waals surface area contributed by atoms with E-state index in [-0.39, 0.29) is 23.5 Å². The summed E-state index contributed by atoms with van der Waals surface area (Å²) in [4.78, 5) is 10.5.